The number of unbranched alkanes of at least 4 members (excludes halogenated alkanes) is 1. The molecule has 2 nitrogen and oxygen atoms in total. The largest absolute Gasteiger partial charge is 0.325 e. The van der Waals surface area contributed by atoms with Crippen molar-refractivity contribution in [1.29, 1.82) is 0 Å². The van der Waals surface area contributed by atoms with Crippen LogP contribution in [0.4, 0.5) is 5.69 Å². The molecule has 1 rings (SSSR count). The standard InChI is InChI=1S/C11H12BrCl2NO/c12-8-4-5-9(14)10(7-8)15-11(16)3-1-2-6-13/h4-5,7H,1-3,6H2,(H,15,16). The van der Waals surface area contributed by atoms with E-state index in [1.807, 2.05) is 6.07 Å². The Hall–Kier alpha value is -0.250. The number of alkyl halides is 1. The van der Waals surface area contributed by atoms with Gasteiger partial charge in [-0.15, -0.1) is 11.6 Å². The zero-order chi connectivity index (χ0) is 12.0. The predicted octanol–water partition coefficient (Wildman–Crippen LogP) is 4.45. The minimum Gasteiger partial charge on any atom is -0.325 e. The molecule has 0 radical (unpaired) electrons. The van der Waals surface area contributed by atoms with Gasteiger partial charge in [-0.25, -0.2) is 0 Å². The monoisotopic (exact) mass is 323 g/mol. The second-order valence-corrected chi connectivity index (χ2v) is 5.02. The van der Waals surface area contributed by atoms with E-state index in [-0.39, 0.29) is 5.91 Å². The third kappa shape index (κ3) is 4.73. The summed E-state index contributed by atoms with van der Waals surface area (Å²) in [4.78, 5) is 11.5. The SMILES string of the molecule is O=C(CCCCCl)Nc1cc(Br)ccc1Cl. The van der Waals surface area contributed by atoms with E-state index in [0.29, 0.717) is 23.0 Å². The van der Waals surface area contributed by atoms with Crippen LogP contribution in [-0.4, -0.2) is 11.8 Å². The predicted molar refractivity (Wildman–Crippen MR) is 72.4 cm³/mol. The number of carbonyl (C=O) groups is 1. The maximum atomic E-state index is 11.5. The fourth-order valence-corrected chi connectivity index (χ4v) is 1.90. The maximum Gasteiger partial charge on any atom is 0.224 e. The number of rotatable bonds is 5. The van der Waals surface area contributed by atoms with Crippen LogP contribution in [0.15, 0.2) is 22.7 Å². The number of nitrogens with one attached hydrogen (secondary N) is 1. The minimum atomic E-state index is -0.0369. The molecule has 0 saturated carbocycles. The number of hydrogen-bond acceptors (Lipinski definition) is 1. The van der Waals surface area contributed by atoms with E-state index < -0.39 is 0 Å². The molecule has 1 aromatic carbocycles. The van der Waals surface area contributed by atoms with E-state index in [4.69, 9.17) is 23.2 Å². The van der Waals surface area contributed by atoms with Gasteiger partial charge < -0.3 is 5.32 Å². The van der Waals surface area contributed by atoms with Crippen LogP contribution < -0.4 is 5.32 Å². The van der Waals surface area contributed by atoms with Crippen molar-refractivity contribution in [1.82, 2.24) is 0 Å². The van der Waals surface area contributed by atoms with Crippen LogP contribution in [0.3, 0.4) is 0 Å². The fourth-order valence-electron chi connectivity index (χ4n) is 1.19. The summed E-state index contributed by atoms with van der Waals surface area (Å²) in [6, 6.07) is 5.34. The lowest BCUT2D eigenvalue weighted by atomic mass is 10.2. The number of anilines is 1. The molecule has 16 heavy (non-hydrogen) atoms. The van der Waals surface area contributed by atoms with Crippen LogP contribution in [-0.2, 0) is 4.79 Å². The number of carbonyl (C=O) groups excluding carboxylic acids is 1. The van der Waals surface area contributed by atoms with Gasteiger partial charge in [-0.3, -0.25) is 4.79 Å². The number of hydrogen-bond donors (Lipinski definition) is 1. The van der Waals surface area contributed by atoms with Crippen LogP contribution >= 0.6 is 39.1 Å². The molecule has 1 aromatic rings. The highest BCUT2D eigenvalue weighted by Gasteiger charge is 2.05. The Morgan fingerprint density at radius 2 is 2.12 bits per heavy atom. The van der Waals surface area contributed by atoms with Gasteiger partial charge in [0, 0.05) is 16.8 Å². The average molecular weight is 325 g/mol. The summed E-state index contributed by atoms with van der Waals surface area (Å²) < 4.78 is 0.882. The first kappa shape index (κ1) is 13.8. The molecule has 0 aliphatic carbocycles. The molecule has 1 amide bonds. The van der Waals surface area contributed by atoms with Crippen LogP contribution in [0.2, 0.25) is 5.02 Å². The fraction of sp³-hybridized carbons (Fsp3) is 0.364. The molecule has 0 aliphatic heterocycles. The van der Waals surface area contributed by atoms with Crippen molar-refractivity contribution in [3.8, 4) is 0 Å². The van der Waals surface area contributed by atoms with Crippen molar-refractivity contribution in [2.75, 3.05) is 11.2 Å². The lowest BCUT2D eigenvalue weighted by Crippen LogP contribution is -2.11. The number of halogens is 3. The van der Waals surface area contributed by atoms with E-state index in [1.165, 1.54) is 0 Å². The van der Waals surface area contributed by atoms with Crippen molar-refractivity contribution in [3.05, 3.63) is 27.7 Å². The van der Waals surface area contributed by atoms with Gasteiger partial charge in [0.25, 0.3) is 0 Å². The Labute approximate surface area is 113 Å². The van der Waals surface area contributed by atoms with Gasteiger partial charge in [0.05, 0.1) is 10.7 Å². The van der Waals surface area contributed by atoms with Crippen LogP contribution in [0, 0.1) is 0 Å². The highest BCUT2D eigenvalue weighted by atomic mass is 79.9. The summed E-state index contributed by atoms with van der Waals surface area (Å²) in [7, 11) is 0. The topological polar surface area (TPSA) is 29.1 Å². The van der Waals surface area contributed by atoms with Crippen molar-refractivity contribution >= 4 is 50.7 Å². The van der Waals surface area contributed by atoms with Gasteiger partial charge in [0.15, 0.2) is 0 Å². The van der Waals surface area contributed by atoms with Crippen molar-refractivity contribution < 1.29 is 4.79 Å². The number of benzene rings is 1. The highest BCUT2D eigenvalue weighted by Crippen LogP contribution is 2.25. The lowest BCUT2D eigenvalue weighted by molar-refractivity contribution is -0.116. The first-order chi connectivity index (χ1) is 7.63. The Morgan fingerprint density at radius 3 is 2.81 bits per heavy atom. The van der Waals surface area contributed by atoms with Crippen molar-refractivity contribution in [3.63, 3.8) is 0 Å². The summed E-state index contributed by atoms with van der Waals surface area (Å²) in [5.41, 5.74) is 0.631. The summed E-state index contributed by atoms with van der Waals surface area (Å²) in [5.74, 6) is 0.551. The third-order valence-electron chi connectivity index (χ3n) is 1.99. The van der Waals surface area contributed by atoms with E-state index >= 15 is 0 Å². The van der Waals surface area contributed by atoms with Crippen molar-refractivity contribution in [2.24, 2.45) is 0 Å². The molecule has 88 valence electrons. The third-order valence-corrected chi connectivity index (χ3v) is 3.08. The molecular weight excluding hydrogens is 313 g/mol. The smallest absolute Gasteiger partial charge is 0.224 e. The van der Waals surface area contributed by atoms with Gasteiger partial charge in [-0.05, 0) is 31.0 Å². The molecule has 0 atom stereocenters. The van der Waals surface area contributed by atoms with Crippen LogP contribution in [0.5, 0.6) is 0 Å². The normalized spacial score (nSPS) is 10.2. The summed E-state index contributed by atoms with van der Waals surface area (Å²) in [6.45, 7) is 0. The van der Waals surface area contributed by atoms with Gasteiger partial charge in [0.1, 0.15) is 0 Å². The lowest BCUT2D eigenvalue weighted by Gasteiger charge is -2.07. The van der Waals surface area contributed by atoms with E-state index in [1.54, 1.807) is 12.1 Å². The van der Waals surface area contributed by atoms with Gasteiger partial charge >= 0.3 is 0 Å². The van der Waals surface area contributed by atoms with Gasteiger partial charge in [-0.1, -0.05) is 27.5 Å². The van der Waals surface area contributed by atoms with Crippen molar-refractivity contribution in [2.45, 2.75) is 19.3 Å². The molecule has 0 fully saturated rings. The zero-order valence-corrected chi connectivity index (χ0v) is 11.7. The summed E-state index contributed by atoms with van der Waals surface area (Å²) in [6.07, 6.45) is 2.11. The molecule has 0 bridgehead atoms. The molecule has 0 unspecified atom stereocenters. The van der Waals surface area contributed by atoms with E-state index in [0.717, 1.165) is 17.3 Å². The molecule has 5 heteroatoms. The quantitative estimate of drug-likeness (QED) is 0.629. The first-order valence-corrected chi connectivity index (χ1v) is 6.65. The van der Waals surface area contributed by atoms with Gasteiger partial charge in [-0.2, -0.15) is 0 Å². The molecule has 0 heterocycles. The Bertz CT molecular complexity index is 371. The Balaban J connectivity index is 2.52. The second-order valence-electron chi connectivity index (χ2n) is 3.32. The molecule has 0 aromatic heterocycles. The minimum absolute atomic E-state index is 0.0369. The second kappa shape index (κ2) is 7.15. The van der Waals surface area contributed by atoms with E-state index in [9.17, 15) is 4.79 Å². The molecule has 0 aliphatic rings. The molecular formula is C11H12BrCl2NO. The Kier molecular flexibility index (Phi) is 6.17. The molecule has 0 saturated heterocycles. The average Bonchev–Trinajstić information content (AvgIpc) is 2.24. The zero-order valence-electron chi connectivity index (χ0n) is 8.60. The van der Waals surface area contributed by atoms with Crippen LogP contribution in [0.1, 0.15) is 19.3 Å². The summed E-state index contributed by atoms with van der Waals surface area (Å²) in [5, 5.41) is 3.30. The highest BCUT2D eigenvalue weighted by molar-refractivity contribution is 9.10. The number of amides is 1. The maximum absolute atomic E-state index is 11.5. The Morgan fingerprint density at radius 1 is 1.38 bits per heavy atom. The van der Waals surface area contributed by atoms with Gasteiger partial charge in [0.2, 0.25) is 5.91 Å². The first-order valence-electron chi connectivity index (χ1n) is 4.94. The summed E-state index contributed by atoms with van der Waals surface area (Å²) >= 11 is 14.8. The molecule has 1 N–H and O–H groups in total. The van der Waals surface area contributed by atoms with Crippen LogP contribution in [0.25, 0.3) is 0 Å². The molecule has 0 spiro atoms. The van der Waals surface area contributed by atoms with E-state index in [2.05, 4.69) is 21.2 Å².